The van der Waals surface area contributed by atoms with E-state index < -0.39 is 0 Å². The van der Waals surface area contributed by atoms with Crippen LogP contribution in [0.5, 0.6) is 0 Å². The van der Waals surface area contributed by atoms with E-state index in [1.54, 1.807) is 0 Å². The van der Waals surface area contributed by atoms with Gasteiger partial charge in [0.05, 0.1) is 88.3 Å². The monoisotopic (exact) mass is 1480 g/mol. The van der Waals surface area contributed by atoms with Gasteiger partial charge in [-0.15, -0.1) is 0 Å². The first kappa shape index (κ1) is 62.9. The Hall–Kier alpha value is -15.8. The van der Waals surface area contributed by atoms with Crippen LogP contribution in [0, 0.1) is 0 Å². The number of pyridine rings is 2. The molecule has 0 spiro atoms. The SMILES string of the molecule is c1ccc(-n2c3ccccc3c3ccc4c5ccccc5n(-c5cc(-c6cc(-n7c8ccccc8c8ccc9c%10ccccc%10n(-c%10ccccc%10)c9c87)nc(-n7c8ccccc8c8ccc9c%10ccccc%10n(-c%10ccccc%10)c9c87)c6)cc(-n6c7ccccc7c7ccc8c9ccccc9n(-c9ccccc9)c8c76)n5)c4c32)cc1. The fourth-order valence-corrected chi connectivity index (χ4v) is 20.1. The van der Waals surface area contributed by atoms with E-state index in [9.17, 15) is 0 Å². The third kappa shape index (κ3) is 8.62. The van der Waals surface area contributed by atoms with E-state index >= 15 is 0 Å². The van der Waals surface area contributed by atoms with Gasteiger partial charge in [-0.2, -0.15) is 0 Å². The molecule has 0 atom stereocenters. The summed E-state index contributed by atoms with van der Waals surface area (Å²) >= 11 is 0. The summed E-state index contributed by atoms with van der Waals surface area (Å²) in [5.41, 5.74) is 23.4. The minimum Gasteiger partial charge on any atom is -0.307 e. The summed E-state index contributed by atoms with van der Waals surface area (Å²) in [5.74, 6) is 3.00. The first-order valence-electron chi connectivity index (χ1n) is 39.7. The molecule has 0 saturated carbocycles. The molecule has 0 saturated heterocycles. The van der Waals surface area contributed by atoms with Crippen LogP contribution in [0.1, 0.15) is 0 Å². The summed E-state index contributed by atoms with van der Waals surface area (Å²) < 4.78 is 19.8. The van der Waals surface area contributed by atoms with E-state index in [1.807, 2.05) is 0 Å². The number of hydrogen-bond acceptors (Lipinski definition) is 2. The predicted octanol–water partition coefficient (Wildman–Crippen LogP) is 26.9. The number of rotatable bonds is 9. The van der Waals surface area contributed by atoms with Crippen molar-refractivity contribution in [3.63, 3.8) is 0 Å². The van der Waals surface area contributed by atoms with Crippen LogP contribution in [0.2, 0.25) is 0 Å². The molecule has 10 nitrogen and oxygen atoms in total. The Morgan fingerprint density at radius 3 is 0.457 bits per heavy atom. The highest BCUT2D eigenvalue weighted by molar-refractivity contribution is 6.28. The van der Waals surface area contributed by atoms with Gasteiger partial charge in [-0.3, -0.25) is 18.3 Å². The summed E-state index contributed by atoms with van der Waals surface area (Å²) in [6, 6.07) is 143. The fraction of sp³-hybridized carbons (Fsp3) is 0. The van der Waals surface area contributed by atoms with Crippen molar-refractivity contribution < 1.29 is 0 Å². The van der Waals surface area contributed by atoms with E-state index in [2.05, 4.69) is 425 Å². The maximum Gasteiger partial charge on any atom is 0.140 e. The average Bonchev–Trinajstić information content (AvgIpc) is 1.55. The Labute approximate surface area is 662 Å². The molecule has 0 aliphatic rings. The molecule has 0 N–H and O–H groups in total. The smallest absolute Gasteiger partial charge is 0.140 e. The number of hydrogen-bond donors (Lipinski definition) is 0. The number of para-hydroxylation sites is 12. The third-order valence-corrected chi connectivity index (χ3v) is 24.8. The third-order valence-electron chi connectivity index (χ3n) is 24.8. The van der Waals surface area contributed by atoms with Crippen molar-refractivity contribution in [1.82, 2.24) is 46.5 Å². The lowest BCUT2D eigenvalue weighted by Gasteiger charge is -2.18. The number of nitrogens with zero attached hydrogens (tertiary/aromatic N) is 10. The van der Waals surface area contributed by atoms with Crippen molar-refractivity contribution in [2.24, 2.45) is 0 Å². The molecule has 10 heteroatoms. The second-order valence-corrected chi connectivity index (χ2v) is 30.7. The zero-order valence-electron chi connectivity index (χ0n) is 62.4. The quantitative estimate of drug-likeness (QED) is 0.145. The second kappa shape index (κ2) is 23.9. The Bertz CT molecular complexity index is 7690. The molecule has 538 valence electrons. The lowest BCUT2D eigenvalue weighted by atomic mass is 10.1. The molecule has 0 unspecified atom stereocenters. The molecule has 0 fully saturated rings. The molecule has 26 rings (SSSR count). The second-order valence-electron chi connectivity index (χ2n) is 30.7. The molecule has 0 radical (unpaired) electrons. The standard InChI is InChI=1S/C106H64N10/c1-5-29-67(30-6-1)109-87-45-21-13-37-71(87)79-53-57-83-75-41-17-25-49-91(75)113(103(83)99(79)109)95-61-65(62-96(107-95)114-92-50-26-18-42-76(92)84-58-54-80-72-38-14-22-46-88(72)110(100(80)104(84)114)68-31-7-2-8-32-68)66-63-97(115-93-51-27-19-43-77(93)85-59-55-81-73-39-15-23-47-89(73)111(101(81)105(85)115)69-33-9-3-10-34-69)108-98(64-66)116-94-52-28-20-44-78(94)86-60-56-82-74-40-16-24-48-90(74)112(102(82)106(86)116)70-35-11-4-12-36-70/h1-64H. The van der Waals surface area contributed by atoms with Crippen LogP contribution in [-0.4, -0.2) is 46.5 Å². The molecule has 0 bridgehead atoms. The molecule has 116 heavy (non-hydrogen) atoms. The van der Waals surface area contributed by atoms with Gasteiger partial charge in [0, 0.05) is 109 Å². The molecule has 0 aliphatic heterocycles. The predicted molar refractivity (Wildman–Crippen MR) is 482 cm³/mol. The maximum absolute atomic E-state index is 6.34. The van der Waals surface area contributed by atoms with Gasteiger partial charge in [0.2, 0.25) is 0 Å². The van der Waals surface area contributed by atoms with Crippen LogP contribution < -0.4 is 0 Å². The van der Waals surface area contributed by atoms with E-state index in [-0.39, 0.29) is 0 Å². The molecule has 26 aromatic rings. The summed E-state index contributed by atoms with van der Waals surface area (Å²) in [7, 11) is 0. The zero-order valence-corrected chi connectivity index (χ0v) is 62.4. The van der Waals surface area contributed by atoms with Gasteiger partial charge in [0.1, 0.15) is 23.3 Å². The normalized spacial score (nSPS) is 12.3. The molecule has 10 heterocycles. The Morgan fingerprint density at radius 2 is 0.276 bits per heavy atom. The Balaban J connectivity index is 0.868. The van der Waals surface area contributed by atoms with Crippen LogP contribution in [-0.2, 0) is 0 Å². The van der Waals surface area contributed by atoms with Crippen molar-refractivity contribution >= 4 is 174 Å². The summed E-state index contributed by atoms with van der Waals surface area (Å²) in [4.78, 5) is 12.7. The summed E-state index contributed by atoms with van der Waals surface area (Å²) in [5, 5.41) is 18.3. The van der Waals surface area contributed by atoms with Crippen molar-refractivity contribution in [2.75, 3.05) is 0 Å². The first-order valence-corrected chi connectivity index (χ1v) is 39.7. The highest BCUT2D eigenvalue weighted by Gasteiger charge is 2.30. The van der Waals surface area contributed by atoms with E-state index in [0.29, 0.717) is 0 Å². The highest BCUT2D eigenvalue weighted by atomic mass is 15.2. The fourth-order valence-electron chi connectivity index (χ4n) is 20.1. The molecule has 0 amide bonds. The molecular weight excluding hydrogens is 1410 g/mol. The summed E-state index contributed by atoms with van der Waals surface area (Å²) in [6.07, 6.45) is 0. The van der Waals surface area contributed by atoms with Gasteiger partial charge in [0.15, 0.2) is 0 Å². The van der Waals surface area contributed by atoms with Crippen molar-refractivity contribution in [3.05, 3.63) is 388 Å². The number of aromatic nitrogens is 10. The average molecular weight is 1480 g/mol. The number of fused-ring (bicyclic) bond motifs is 28. The van der Waals surface area contributed by atoms with Gasteiger partial charge < -0.3 is 18.3 Å². The van der Waals surface area contributed by atoms with Gasteiger partial charge in [0.25, 0.3) is 0 Å². The molecular formula is C106H64N10. The lowest BCUT2D eigenvalue weighted by Crippen LogP contribution is -2.08. The maximum atomic E-state index is 6.34. The lowest BCUT2D eigenvalue weighted by molar-refractivity contribution is 1.01. The van der Waals surface area contributed by atoms with Crippen LogP contribution in [0.4, 0.5) is 0 Å². The topological polar surface area (TPSA) is 65.2 Å². The molecule has 10 aromatic heterocycles. The molecule has 0 aliphatic carbocycles. The minimum atomic E-state index is 0.750. The van der Waals surface area contributed by atoms with Gasteiger partial charge in [-0.05, 0) is 132 Å². The van der Waals surface area contributed by atoms with Crippen LogP contribution in [0.25, 0.3) is 232 Å². The minimum absolute atomic E-state index is 0.750. The summed E-state index contributed by atoms with van der Waals surface area (Å²) in [6.45, 7) is 0. The van der Waals surface area contributed by atoms with Crippen molar-refractivity contribution in [2.45, 2.75) is 0 Å². The van der Waals surface area contributed by atoms with Crippen LogP contribution in [0.15, 0.2) is 388 Å². The van der Waals surface area contributed by atoms with E-state index in [1.165, 1.54) is 21.5 Å². The van der Waals surface area contributed by atoms with Crippen molar-refractivity contribution in [3.8, 4) is 57.1 Å². The highest BCUT2D eigenvalue weighted by Crippen LogP contribution is 2.49. The largest absolute Gasteiger partial charge is 0.307 e. The number of benzene rings is 16. The van der Waals surface area contributed by atoms with Gasteiger partial charge in [-0.25, -0.2) is 9.97 Å². The Morgan fingerprint density at radius 1 is 0.129 bits per heavy atom. The van der Waals surface area contributed by atoms with Gasteiger partial charge in [-0.1, -0.05) is 267 Å². The van der Waals surface area contributed by atoms with Crippen LogP contribution >= 0.6 is 0 Å². The van der Waals surface area contributed by atoms with Crippen molar-refractivity contribution in [1.29, 1.82) is 0 Å². The zero-order chi connectivity index (χ0) is 75.5. The Kier molecular flexibility index (Phi) is 13.0. The first-order chi connectivity index (χ1) is 57.6. The molecule has 16 aromatic carbocycles. The van der Waals surface area contributed by atoms with Gasteiger partial charge >= 0.3 is 0 Å². The van der Waals surface area contributed by atoms with E-state index in [0.717, 1.165) is 210 Å². The van der Waals surface area contributed by atoms with Crippen LogP contribution in [0.3, 0.4) is 0 Å². The van der Waals surface area contributed by atoms with E-state index in [4.69, 9.17) is 9.97 Å².